The van der Waals surface area contributed by atoms with E-state index in [0.29, 0.717) is 11.7 Å². The standard InChI is InChI=1S/C15H13N3O/c1-10-12-8-9-13(11-6-4-3-5-7-11)17-14(12)18-15(16-10)19-2/h3-9H,1-2H3. The number of fused-ring (bicyclic) bond motifs is 1. The fourth-order valence-electron chi connectivity index (χ4n) is 2.00. The van der Waals surface area contributed by atoms with Gasteiger partial charge in [-0.1, -0.05) is 30.3 Å². The highest BCUT2D eigenvalue weighted by Crippen LogP contribution is 2.22. The van der Waals surface area contributed by atoms with Crippen molar-refractivity contribution >= 4 is 11.0 Å². The molecule has 0 atom stereocenters. The zero-order valence-electron chi connectivity index (χ0n) is 10.8. The Morgan fingerprint density at radius 2 is 1.68 bits per heavy atom. The first-order valence-electron chi connectivity index (χ1n) is 6.03. The van der Waals surface area contributed by atoms with Gasteiger partial charge in [-0.15, -0.1) is 0 Å². The largest absolute Gasteiger partial charge is 0.467 e. The molecular formula is C15H13N3O. The molecule has 0 aliphatic rings. The lowest BCUT2D eigenvalue weighted by Gasteiger charge is -2.06. The Labute approximate surface area is 111 Å². The van der Waals surface area contributed by atoms with Crippen molar-refractivity contribution < 1.29 is 4.74 Å². The molecule has 1 aromatic carbocycles. The summed E-state index contributed by atoms with van der Waals surface area (Å²) in [5, 5.41) is 0.945. The summed E-state index contributed by atoms with van der Waals surface area (Å²) >= 11 is 0. The van der Waals surface area contributed by atoms with E-state index in [9.17, 15) is 0 Å². The maximum Gasteiger partial charge on any atom is 0.318 e. The van der Waals surface area contributed by atoms with Crippen LogP contribution in [0.1, 0.15) is 5.69 Å². The molecule has 0 fully saturated rings. The molecule has 0 aliphatic carbocycles. The summed E-state index contributed by atoms with van der Waals surface area (Å²) in [5.74, 6) is 0. The van der Waals surface area contributed by atoms with Gasteiger partial charge in [0.05, 0.1) is 18.5 Å². The average molecular weight is 251 g/mol. The van der Waals surface area contributed by atoms with Gasteiger partial charge >= 0.3 is 6.01 Å². The fourth-order valence-corrected chi connectivity index (χ4v) is 2.00. The first-order chi connectivity index (χ1) is 9.28. The van der Waals surface area contributed by atoms with Gasteiger partial charge in [-0.3, -0.25) is 0 Å². The van der Waals surface area contributed by atoms with Crippen molar-refractivity contribution in [3.63, 3.8) is 0 Å². The molecule has 4 nitrogen and oxygen atoms in total. The first kappa shape index (κ1) is 11.6. The van der Waals surface area contributed by atoms with Crippen molar-refractivity contribution in [2.75, 3.05) is 7.11 Å². The number of aromatic nitrogens is 3. The average Bonchev–Trinajstić information content (AvgIpc) is 2.47. The van der Waals surface area contributed by atoms with Gasteiger partial charge in [0.2, 0.25) is 0 Å². The molecule has 0 saturated heterocycles. The quantitative estimate of drug-likeness (QED) is 0.702. The van der Waals surface area contributed by atoms with E-state index < -0.39 is 0 Å². The molecule has 19 heavy (non-hydrogen) atoms. The highest BCUT2D eigenvalue weighted by molar-refractivity contribution is 5.80. The summed E-state index contributed by atoms with van der Waals surface area (Å²) in [6.07, 6.45) is 0. The maximum absolute atomic E-state index is 5.09. The summed E-state index contributed by atoms with van der Waals surface area (Å²) in [6.45, 7) is 1.93. The third kappa shape index (κ3) is 2.12. The molecule has 3 rings (SSSR count). The van der Waals surface area contributed by atoms with Crippen molar-refractivity contribution in [1.82, 2.24) is 15.0 Å². The van der Waals surface area contributed by atoms with Crippen LogP contribution in [0.2, 0.25) is 0 Å². The summed E-state index contributed by atoms with van der Waals surface area (Å²) in [4.78, 5) is 13.1. The third-order valence-corrected chi connectivity index (χ3v) is 2.98. The lowest BCUT2D eigenvalue weighted by molar-refractivity contribution is 0.380. The number of rotatable bonds is 2. The Hall–Kier alpha value is -2.49. The number of benzene rings is 1. The second-order valence-corrected chi connectivity index (χ2v) is 4.23. The monoisotopic (exact) mass is 251 g/mol. The van der Waals surface area contributed by atoms with Gasteiger partial charge in [0, 0.05) is 10.9 Å². The van der Waals surface area contributed by atoms with Crippen LogP contribution in [0.5, 0.6) is 6.01 Å². The molecule has 0 N–H and O–H groups in total. The van der Waals surface area contributed by atoms with Crippen molar-refractivity contribution in [2.24, 2.45) is 0 Å². The zero-order valence-corrected chi connectivity index (χ0v) is 10.8. The SMILES string of the molecule is COc1nc(C)c2ccc(-c3ccccc3)nc2n1. The molecule has 0 bridgehead atoms. The van der Waals surface area contributed by atoms with E-state index in [1.807, 2.05) is 49.4 Å². The van der Waals surface area contributed by atoms with Crippen LogP contribution in [-0.4, -0.2) is 22.1 Å². The molecule has 0 amide bonds. The van der Waals surface area contributed by atoms with E-state index in [4.69, 9.17) is 4.74 Å². The molecule has 0 unspecified atom stereocenters. The predicted molar refractivity (Wildman–Crippen MR) is 74.1 cm³/mol. The van der Waals surface area contributed by atoms with E-state index in [-0.39, 0.29) is 0 Å². The van der Waals surface area contributed by atoms with Gasteiger partial charge in [0.25, 0.3) is 0 Å². The van der Waals surface area contributed by atoms with Crippen LogP contribution in [0.15, 0.2) is 42.5 Å². The third-order valence-electron chi connectivity index (χ3n) is 2.98. The number of pyridine rings is 1. The van der Waals surface area contributed by atoms with Crippen molar-refractivity contribution in [3.05, 3.63) is 48.2 Å². The lowest BCUT2D eigenvalue weighted by Crippen LogP contribution is -1.97. The van der Waals surface area contributed by atoms with Gasteiger partial charge in [-0.25, -0.2) is 4.98 Å². The highest BCUT2D eigenvalue weighted by Gasteiger charge is 2.07. The molecule has 4 heteroatoms. The fraction of sp³-hybridized carbons (Fsp3) is 0.133. The van der Waals surface area contributed by atoms with Crippen LogP contribution < -0.4 is 4.74 Å². The molecule has 0 radical (unpaired) electrons. The predicted octanol–water partition coefficient (Wildman–Crippen LogP) is 3.01. The van der Waals surface area contributed by atoms with E-state index in [0.717, 1.165) is 22.3 Å². The summed E-state index contributed by atoms with van der Waals surface area (Å²) in [6, 6.07) is 14.4. The van der Waals surface area contributed by atoms with Gasteiger partial charge in [-0.2, -0.15) is 9.97 Å². The summed E-state index contributed by atoms with van der Waals surface area (Å²) < 4.78 is 5.09. The number of aryl methyl sites for hydroxylation is 1. The lowest BCUT2D eigenvalue weighted by atomic mass is 10.1. The molecule has 2 aromatic heterocycles. The first-order valence-corrected chi connectivity index (χ1v) is 6.03. The minimum absolute atomic E-state index is 0.350. The van der Waals surface area contributed by atoms with Gasteiger partial charge in [-0.05, 0) is 19.1 Å². The smallest absolute Gasteiger partial charge is 0.318 e. The number of ether oxygens (including phenoxy) is 1. The van der Waals surface area contributed by atoms with Gasteiger partial charge in [0.15, 0.2) is 5.65 Å². The minimum Gasteiger partial charge on any atom is -0.467 e. The van der Waals surface area contributed by atoms with Gasteiger partial charge < -0.3 is 4.74 Å². The second kappa shape index (κ2) is 4.65. The van der Waals surface area contributed by atoms with Crippen LogP contribution >= 0.6 is 0 Å². The Kier molecular flexibility index (Phi) is 2.83. The van der Waals surface area contributed by atoms with E-state index in [1.165, 1.54) is 0 Å². The van der Waals surface area contributed by atoms with Crippen LogP contribution in [0.4, 0.5) is 0 Å². The molecule has 0 spiro atoms. The Morgan fingerprint density at radius 1 is 0.895 bits per heavy atom. The zero-order chi connectivity index (χ0) is 13.2. The molecule has 0 saturated carbocycles. The van der Waals surface area contributed by atoms with E-state index in [1.54, 1.807) is 7.11 Å². The van der Waals surface area contributed by atoms with E-state index >= 15 is 0 Å². The molecule has 3 aromatic rings. The van der Waals surface area contributed by atoms with Crippen LogP contribution in [-0.2, 0) is 0 Å². The number of hydrogen-bond donors (Lipinski definition) is 0. The Morgan fingerprint density at radius 3 is 2.42 bits per heavy atom. The number of hydrogen-bond acceptors (Lipinski definition) is 4. The van der Waals surface area contributed by atoms with Crippen molar-refractivity contribution in [3.8, 4) is 17.3 Å². The number of methoxy groups -OCH3 is 1. The van der Waals surface area contributed by atoms with Gasteiger partial charge in [0.1, 0.15) is 0 Å². The molecule has 0 aliphatic heterocycles. The van der Waals surface area contributed by atoms with Crippen LogP contribution in [0.3, 0.4) is 0 Å². The second-order valence-electron chi connectivity index (χ2n) is 4.23. The van der Waals surface area contributed by atoms with E-state index in [2.05, 4.69) is 15.0 Å². The normalized spacial score (nSPS) is 10.6. The molecule has 94 valence electrons. The Bertz CT molecular complexity index is 726. The molecular weight excluding hydrogens is 238 g/mol. The topological polar surface area (TPSA) is 47.9 Å². The van der Waals surface area contributed by atoms with Crippen LogP contribution in [0, 0.1) is 6.92 Å². The minimum atomic E-state index is 0.350. The summed E-state index contributed by atoms with van der Waals surface area (Å²) in [7, 11) is 1.56. The van der Waals surface area contributed by atoms with Crippen LogP contribution in [0.25, 0.3) is 22.3 Å². The summed E-state index contributed by atoms with van der Waals surface area (Å²) in [5.41, 5.74) is 3.49. The highest BCUT2D eigenvalue weighted by atomic mass is 16.5. The van der Waals surface area contributed by atoms with Crippen molar-refractivity contribution in [1.29, 1.82) is 0 Å². The number of nitrogens with zero attached hydrogens (tertiary/aromatic N) is 3. The Balaban J connectivity index is 2.20. The van der Waals surface area contributed by atoms with Crippen molar-refractivity contribution in [2.45, 2.75) is 6.92 Å². The molecule has 2 heterocycles. The maximum atomic E-state index is 5.09.